The van der Waals surface area contributed by atoms with Crippen LogP contribution in [-0.4, -0.2) is 40.1 Å². The Morgan fingerprint density at radius 3 is 2.67 bits per heavy atom. The number of nitrogens with zero attached hydrogens (tertiary/aromatic N) is 3. The van der Waals surface area contributed by atoms with E-state index >= 15 is 0 Å². The van der Waals surface area contributed by atoms with E-state index in [1.165, 1.54) is 6.33 Å². The van der Waals surface area contributed by atoms with E-state index in [2.05, 4.69) is 26.4 Å². The lowest BCUT2D eigenvalue weighted by Gasteiger charge is -2.36. The zero-order chi connectivity index (χ0) is 20.4. The van der Waals surface area contributed by atoms with Crippen LogP contribution in [0.1, 0.15) is 37.3 Å². The smallest absolute Gasteiger partial charge is 0.168 e. The van der Waals surface area contributed by atoms with Crippen LogP contribution in [0.5, 0.6) is 5.75 Å². The van der Waals surface area contributed by atoms with Gasteiger partial charge in [0.1, 0.15) is 30.1 Å². The highest BCUT2D eigenvalue weighted by Gasteiger charge is 2.41. The standard InChI is InChI=1S/C23H24N4O3/c24-21-20-17(5-4-12-28-19-6-2-1-3-7-19)15-27(22(20)26-16-25-21)18-8-10-23(11-9-18)29-13-14-30-23/h1-3,6-7,15-16,18H,8-14H2,(H2,24,25,26). The molecule has 1 saturated carbocycles. The summed E-state index contributed by atoms with van der Waals surface area (Å²) in [4.78, 5) is 8.69. The molecule has 3 aromatic rings. The van der Waals surface area contributed by atoms with Gasteiger partial charge in [-0.2, -0.15) is 0 Å². The molecule has 0 bridgehead atoms. The Labute approximate surface area is 175 Å². The van der Waals surface area contributed by atoms with Crippen molar-refractivity contribution in [3.8, 4) is 17.6 Å². The first kappa shape index (κ1) is 18.9. The molecular weight excluding hydrogens is 380 g/mol. The Morgan fingerprint density at radius 1 is 1.13 bits per heavy atom. The Morgan fingerprint density at radius 2 is 1.90 bits per heavy atom. The highest BCUT2D eigenvalue weighted by molar-refractivity contribution is 5.92. The van der Waals surface area contributed by atoms with Gasteiger partial charge >= 0.3 is 0 Å². The Hall–Kier alpha value is -3.08. The summed E-state index contributed by atoms with van der Waals surface area (Å²) in [5.41, 5.74) is 7.84. The highest BCUT2D eigenvalue weighted by Crippen LogP contribution is 2.41. The molecule has 1 saturated heterocycles. The molecule has 0 atom stereocenters. The summed E-state index contributed by atoms with van der Waals surface area (Å²) < 4.78 is 19.6. The Bertz CT molecular complexity index is 1080. The van der Waals surface area contributed by atoms with Gasteiger partial charge in [-0.05, 0) is 25.0 Å². The van der Waals surface area contributed by atoms with Crippen LogP contribution in [0.4, 0.5) is 5.82 Å². The van der Waals surface area contributed by atoms with Gasteiger partial charge in [-0.3, -0.25) is 0 Å². The fraction of sp³-hybridized carbons (Fsp3) is 0.391. The van der Waals surface area contributed by atoms with Crippen LogP contribution in [0.2, 0.25) is 0 Å². The first-order valence-corrected chi connectivity index (χ1v) is 10.3. The molecule has 2 aromatic heterocycles. The molecule has 7 heteroatoms. The summed E-state index contributed by atoms with van der Waals surface area (Å²) >= 11 is 0. The number of anilines is 1. The van der Waals surface area contributed by atoms with Crippen LogP contribution >= 0.6 is 0 Å². The fourth-order valence-electron chi connectivity index (χ4n) is 4.36. The van der Waals surface area contributed by atoms with Crippen molar-refractivity contribution in [2.24, 2.45) is 0 Å². The molecule has 7 nitrogen and oxygen atoms in total. The molecule has 1 aromatic carbocycles. The maximum absolute atomic E-state index is 6.19. The van der Waals surface area contributed by atoms with Crippen LogP contribution < -0.4 is 10.5 Å². The Balaban J connectivity index is 1.38. The molecule has 30 heavy (non-hydrogen) atoms. The van der Waals surface area contributed by atoms with Crippen molar-refractivity contribution in [1.29, 1.82) is 0 Å². The van der Waals surface area contributed by atoms with Crippen LogP contribution in [0.25, 0.3) is 11.0 Å². The van der Waals surface area contributed by atoms with Crippen LogP contribution in [0, 0.1) is 11.8 Å². The first-order valence-electron chi connectivity index (χ1n) is 10.3. The van der Waals surface area contributed by atoms with E-state index in [1.807, 2.05) is 36.5 Å². The van der Waals surface area contributed by atoms with Gasteiger partial charge in [-0.1, -0.05) is 30.0 Å². The molecule has 0 amide bonds. The number of nitrogen functional groups attached to an aromatic ring is 1. The van der Waals surface area contributed by atoms with Gasteiger partial charge in [0.15, 0.2) is 5.79 Å². The van der Waals surface area contributed by atoms with Crippen LogP contribution in [0.3, 0.4) is 0 Å². The molecule has 3 heterocycles. The normalized spacial score (nSPS) is 18.4. The van der Waals surface area contributed by atoms with Crippen molar-refractivity contribution in [3.05, 3.63) is 48.4 Å². The van der Waals surface area contributed by atoms with Gasteiger partial charge in [0.2, 0.25) is 0 Å². The van der Waals surface area contributed by atoms with Gasteiger partial charge in [0.05, 0.1) is 24.2 Å². The molecule has 154 valence electrons. The first-order chi connectivity index (χ1) is 14.7. The average molecular weight is 404 g/mol. The van der Waals surface area contributed by atoms with Crippen molar-refractivity contribution < 1.29 is 14.2 Å². The zero-order valence-corrected chi connectivity index (χ0v) is 16.7. The third kappa shape index (κ3) is 3.60. The Kier molecular flexibility index (Phi) is 5.03. The van der Waals surface area contributed by atoms with Crippen molar-refractivity contribution >= 4 is 16.9 Å². The SMILES string of the molecule is Nc1ncnc2c1c(C#CCOc1ccccc1)cn2C1CCC2(CC1)OCCO2. The zero-order valence-electron chi connectivity index (χ0n) is 16.7. The highest BCUT2D eigenvalue weighted by atomic mass is 16.7. The second kappa shape index (κ2) is 7.98. The largest absolute Gasteiger partial charge is 0.481 e. The van der Waals surface area contributed by atoms with Crippen LogP contribution in [-0.2, 0) is 9.47 Å². The van der Waals surface area contributed by atoms with E-state index in [-0.39, 0.29) is 5.79 Å². The van der Waals surface area contributed by atoms with Gasteiger partial charge in [0, 0.05) is 25.1 Å². The molecule has 2 aliphatic rings. The van der Waals surface area contributed by atoms with E-state index in [4.69, 9.17) is 19.9 Å². The van der Waals surface area contributed by atoms with Gasteiger partial charge in [0.25, 0.3) is 0 Å². The molecule has 5 rings (SSSR count). The molecule has 1 spiro atoms. The molecule has 1 aliphatic heterocycles. The topological polar surface area (TPSA) is 84.4 Å². The number of hydrogen-bond acceptors (Lipinski definition) is 6. The fourth-order valence-corrected chi connectivity index (χ4v) is 4.36. The van der Waals surface area contributed by atoms with Crippen LogP contribution in [0.15, 0.2) is 42.9 Å². The van der Waals surface area contributed by atoms with Crippen molar-refractivity contribution in [2.45, 2.75) is 37.5 Å². The number of rotatable bonds is 3. The maximum atomic E-state index is 6.19. The molecular formula is C23H24N4O3. The summed E-state index contributed by atoms with van der Waals surface area (Å²) in [7, 11) is 0. The summed E-state index contributed by atoms with van der Waals surface area (Å²) in [6, 6.07) is 9.94. The third-order valence-electron chi connectivity index (χ3n) is 5.84. The molecule has 0 radical (unpaired) electrons. The van der Waals surface area contributed by atoms with Crippen molar-refractivity contribution in [2.75, 3.05) is 25.6 Å². The molecule has 2 N–H and O–H groups in total. The minimum absolute atomic E-state index is 0.297. The number of fused-ring (bicyclic) bond motifs is 1. The average Bonchev–Trinajstić information content (AvgIpc) is 3.39. The predicted molar refractivity (Wildman–Crippen MR) is 113 cm³/mol. The minimum atomic E-state index is -0.384. The summed E-state index contributed by atoms with van der Waals surface area (Å²) in [5, 5.41) is 0.804. The maximum Gasteiger partial charge on any atom is 0.168 e. The quantitative estimate of drug-likeness (QED) is 0.675. The van der Waals surface area contributed by atoms with E-state index in [0.29, 0.717) is 31.7 Å². The number of aromatic nitrogens is 3. The summed E-state index contributed by atoms with van der Waals surface area (Å²) in [6.45, 7) is 1.67. The lowest BCUT2D eigenvalue weighted by atomic mass is 9.90. The van der Waals surface area contributed by atoms with Gasteiger partial charge in [-0.25, -0.2) is 9.97 Å². The van der Waals surface area contributed by atoms with E-state index < -0.39 is 0 Å². The molecule has 2 fully saturated rings. The van der Waals surface area contributed by atoms with E-state index in [0.717, 1.165) is 48.0 Å². The number of nitrogens with two attached hydrogens (primary N) is 1. The lowest BCUT2D eigenvalue weighted by molar-refractivity contribution is -0.181. The predicted octanol–water partition coefficient (Wildman–Crippen LogP) is 3.30. The third-order valence-corrected chi connectivity index (χ3v) is 5.84. The van der Waals surface area contributed by atoms with Gasteiger partial charge < -0.3 is 24.5 Å². The number of ether oxygens (including phenoxy) is 3. The molecule has 1 aliphatic carbocycles. The minimum Gasteiger partial charge on any atom is -0.481 e. The summed E-state index contributed by atoms with van der Waals surface area (Å²) in [5.74, 6) is 7.15. The van der Waals surface area contributed by atoms with Crippen molar-refractivity contribution in [3.63, 3.8) is 0 Å². The second-order valence-electron chi connectivity index (χ2n) is 7.65. The number of benzene rings is 1. The van der Waals surface area contributed by atoms with Gasteiger partial charge in [-0.15, -0.1) is 0 Å². The lowest BCUT2D eigenvalue weighted by Crippen LogP contribution is -2.35. The molecule has 0 unspecified atom stereocenters. The van der Waals surface area contributed by atoms with Crippen molar-refractivity contribution in [1.82, 2.24) is 14.5 Å². The monoisotopic (exact) mass is 404 g/mol. The number of para-hydroxylation sites is 1. The summed E-state index contributed by atoms with van der Waals surface area (Å²) in [6.07, 6.45) is 7.23. The number of hydrogen-bond donors (Lipinski definition) is 1. The van der Waals surface area contributed by atoms with E-state index in [1.54, 1.807) is 0 Å². The second-order valence-corrected chi connectivity index (χ2v) is 7.65. The van der Waals surface area contributed by atoms with E-state index in [9.17, 15) is 0 Å².